The topological polar surface area (TPSA) is 149 Å². The van der Waals surface area contributed by atoms with E-state index in [1.54, 1.807) is 0 Å². The highest BCUT2D eigenvalue weighted by atomic mass is 31.2. The van der Waals surface area contributed by atoms with Gasteiger partial charge in [-0.05, 0) is 38.5 Å². The Morgan fingerprint density at radius 1 is 0.481 bits per heavy atom. The molecule has 10 nitrogen and oxygen atoms in total. The van der Waals surface area contributed by atoms with Crippen molar-refractivity contribution < 1.29 is 47.8 Å². The van der Waals surface area contributed by atoms with E-state index in [0.717, 1.165) is 44.9 Å². The van der Waals surface area contributed by atoms with Crippen LogP contribution >= 0.6 is 7.82 Å². The van der Waals surface area contributed by atoms with E-state index in [-0.39, 0.29) is 12.8 Å². The number of carbonyl (C=O) groups is 2. The molecule has 3 N–H and O–H groups in total. The van der Waals surface area contributed by atoms with E-state index < -0.39 is 58.4 Å². The van der Waals surface area contributed by atoms with E-state index in [1.165, 1.54) is 128 Å². The Kier molecular flexibility index (Phi) is 39.0. The fourth-order valence-electron chi connectivity index (χ4n) is 6.29. The Bertz CT molecular complexity index is 915. The molecule has 0 aromatic carbocycles. The van der Waals surface area contributed by atoms with Crippen molar-refractivity contribution >= 4 is 19.8 Å². The van der Waals surface area contributed by atoms with Crippen molar-refractivity contribution in [2.75, 3.05) is 26.4 Å². The summed E-state index contributed by atoms with van der Waals surface area (Å²) in [4.78, 5) is 34.5. The van der Waals surface area contributed by atoms with Gasteiger partial charge in [-0.1, -0.05) is 174 Å². The minimum atomic E-state index is -4.63. The number of aliphatic hydroxyl groups is 2. The molecule has 3 unspecified atom stereocenters. The summed E-state index contributed by atoms with van der Waals surface area (Å²) >= 11 is 0. The monoisotopic (exact) mass is 791 g/mol. The molecule has 0 radical (unpaired) electrons. The standard InChI is InChI=1S/C43H83O10P/c1-3-5-7-9-11-13-15-17-19-20-21-23-25-27-29-31-33-35-43(47)53-41(37-45)39-51-54(48,49)50-38-40(36-44)52-42(46)34-32-30-28-26-24-22-18-16-14-12-10-8-6-4-2/h17,19,40-41,44-45H,3-16,18,20-39H2,1-2H3,(H,48,49)/b19-17-. The predicted octanol–water partition coefficient (Wildman–Crippen LogP) is 11.6. The zero-order valence-corrected chi connectivity index (χ0v) is 35.6. The molecular formula is C43H83O10P. The van der Waals surface area contributed by atoms with E-state index in [2.05, 4.69) is 26.0 Å². The molecular weight excluding hydrogens is 707 g/mol. The van der Waals surface area contributed by atoms with Gasteiger partial charge < -0.3 is 24.6 Å². The highest BCUT2D eigenvalue weighted by Gasteiger charge is 2.27. The van der Waals surface area contributed by atoms with Crippen molar-refractivity contribution in [2.45, 2.75) is 225 Å². The summed E-state index contributed by atoms with van der Waals surface area (Å²) in [5.74, 6) is -1.01. The third kappa shape index (κ3) is 37.6. The number of esters is 2. The predicted molar refractivity (Wildman–Crippen MR) is 219 cm³/mol. The van der Waals surface area contributed by atoms with Crippen LogP contribution in [-0.4, -0.2) is 65.7 Å². The fraction of sp³-hybridized carbons (Fsp3) is 0.907. The third-order valence-corrected chi connectivity index (χ3v) is 10.7. The molecule has 0 aromatic rings. The molecule has 0 rings (SSSR count). The maximum atomic E-state index is 12.4. The average Bonchev–Trinajstić information content (AvgIpc) is 3.16. The maximum Gasteiger partial charge on any atom is 0.472 e. The van der Waals surface area contributed by atoms with Crippen LogP contribution in [0, 0.1) is 0 Å². The molecule has 0 heterocycles. The molecule has 0 saturated carbocycles. The quantitative estimate of drug-likeness (QED) is 0.0236. The molecule has 11 heteroatoms. The summed E-state index contributed by atoms with van der Waals surface area (Å²) < 4.78 is 32.6. The molecule has 0 fully saturated rings. The van der Waals surface area contributed by atoms with Gasteiger partial charge in [0.2, 0.25) is 0 Å². The summed E-state index contributed by atoms with van der Waals surface area (Å²) in [6.45, 7) is 2.22. The fourth-order valence-corrected chi connectivity index (χ4v) is 7.07. The highest BCUT2D eigenvalue weighted by Crippen LogP contribution is 2.43. The van der Waals surface area contributed by atoms with Crippen LogP contribution in [0.1, 0.15) is 213 Å². The first-order chi connectivity index (χ1) is 26.3. The van der Waals surface area contributed by atoms with E-state index in [1.807, 2.05) is 0 Å². The van der Waals surface area contributed by atoms with E-state index in [9.17, 15) is 29.3 Å². The number of phosphoric ester groups is 1. The average molecular weight is 791 g/mol. The Labute approximate surface area is 330 Å². The Balaban J connectivity index is 3.90. The summed E-state index contributed by atoms with van der Waals surface area (Å²) in [6, 6.07) is 0. The molecule has 0 aliphatic heterocycles. The van der Waals surface area contributed by atoms with Crippen LogP contribution in [0.15, 0.2) is 12.2 Å². The van der Waals surface area contributed by atoms with Gasteiger partial charge in [-0.3, -0.25) is 18.6 Å². The van der Waals surface area contributed by atoms with Gasteiger partial charge in [-0.25, -0.2) is 4.57 Å². The SMILES string of the molecule is CCCCCCCC/C=C\CCCCCCCCCC(=O)OC(CO)COP(=O)(O)OCC(CO)OC(=O)CCCCCCCCCCCCCCCC. The zero-order valence-electron chi connectivity index (χ0n) is 34.7. The van der Waals surface area contributed by atoms with Crippen molar-refractivity contribution in [1.29, 1.82) is 0 Å². The first-order valence-corrected chi connectivity index (χ1v) is 23.6. The lowest BCUT2D eigenvalue weighted by Gasteiger charge is -2.20. The molecule has 320 valence electrons. The van der Waals surface area contributed by atoms with Crippen molar-refractivity contribution in [3.05, 3.63) is 12.2 Å². The normalized spacial score (nSPS) is 13.9. The van der Waals surface area contributed by atoms with Gasteiger partial charge in [0, 0.05) is 12.8 Å². The largest absolute Gasteiger partial charge is 0.472 e. The number of rotatable bonds is 42. The van der Waals surface area contributed by atoms with Gasteiger partial charge in [0.1, 0.15) is 12.2 Å². The smallest absolute Gasteiger partial charge is 0.457 e. The molecule has 0 aliphatic carbocycles. The number of ether oxygens (including phenoxy) is 2. The number of phosphoric acid groups is 1. The van der Waals surface area contributed by atoms with Crippen LogP contribution in [0.25, 0.3) is 0 Å². The second-order valence-corrected chi connectivity index (χ2v) is 16.5. The lowest BCUT2D eigenvalue weighted by atomic mass is 10.0. The molecule has 0 aromatic heterocycles. The van der Waals surface area contributed by atoms with E-state index in [0.29, 0.717) is 12.8 Å². The van der Waals surface area contributed by atoms with Crippen LogP contribution in [0.3, 0.4) is 0 Å². The van der Waals surface area contributed by atoms with Gasteiger partial charge >= 0.3 is 19.8 Å². The van der Waals surface area contributed by atoms with Gasteiger partial charge in [-0.2, -0.15) is 0 Å². The Morgan fingerprint density at radius 3 is 1.06 bits per heavy atom. The lowest BCUT2D eigenvalue weighted by Crippen LogP contribution is -2.28. The zero-order chi connectivity index (χ0) is 39.8. The van der Waals surface area contributed by atoms with Crippen molar-refractivity contribution in [3.8, 4) is 0 Å². The van der Waals surface area contributed by atoms with Crippen LogP contribution in [0.5, 0.6) is 0 Å². The molecule has 0 spiro atoms. The number of hydrogen-bond acceptors (Lipinski definition) is 9. The number of carbonyl (C=O) groups excluding carboxylic acids is 2. The molecule has 0 bridgehead atoms. The number of allylic oxidation sites excluding steroid dienone is 2. The van der Waals surface area contributed by atoms with Crippen LogP contribution in [0.4, 0.5) is 0 Å². The summed E-state index contributed by atoms with van der Waals surface area (Å²) in [7, 11) is -4.63. The molecule has 0 aliphatic rings. The number of hydrogen-bond donors (Lipinski definition) is 3. The van der Waals surface area contributed by atoms with Crippen molar-refractivity contribution in [1.82, 2.24) is 0 Å². The van der Waals surface area contributed by atoms with Crippen LogP contribution in [-0.2, 0) is 32.7 Å². The van der Waals surface area contributed by atoms with Crippen LogP contribution in [0.2, 0.25) is 0 Å². The maximum absolute atomic E-state index is 12.4. The summed E-state index contributed by atoms with van der Waals surface area (Å²) in [6.07, 6.45) is 37.5. The summed E-state index contributed by atoms with van der Waals surface area (Å²) in [5.41, 5.74) is 0. The van der Waals surface area contributed by atoms with Gasteiger partial charge in [0.15, 0.2) is 0 Å². The Hall–Kier alpha value is -1.29. The summed E-state index contributed by atoms with van der Waals surface area (Å²) in [5, 5.41) is 19.2. The van der Waals surface area contributed by atoms with Crippen molar-refractivity contribution in [2.24, 2.45) is 0 Å². The Morgan fingerprint density at radius 2 is 0.759 bits per heavy atom. The van der Waals surface area contributed by atoms with Gasteiger partial charge in [0.25, 0.3) is 0 Å². The second kappa shape index (κ2) is 39.9. The number of unbranched alkanes of at least 4 members (excludes halogenated alkanes) is 26. The van der Waals surface area contributed by atoms with Crippen LogP contribution < -0.4 is 0 Å². The molecule has 0 saturated heterocycles. The van der Waals surface area contributed by atoms with Gasteiger partial charge in [0.05, 0.1) is 26.4 Å². The molecule has 54 heavy (non-hydrogen) atoms. The van der Waals surface area contributed by atoms with Crippen molar-refractivity contribution in [3.63, 3.8) is 0 Å². The molecule has 3 atom stereocenters. The highest BCUT2D eigenvalue weighted by molar-refractivity contribution is 7.47. The first kappa shape index (κ1) is 52.7. The minimum absolute atomic E-state index is 0.191. The minimum Gasteiger partial charge on any atom is -0.457 e. The van der Waals surface area contributed by atoms with E-state index in [4.69, 9.17) is 18.5 Å². The number of aliphatic hydroxyl groups excluding tert-OH is 2. The van der Waals surface area contributed by atoms with E-state index >= 15 is 0 Å². The second-order valence-electron chi connectivity index (χ2n) is 15.0. The van der Waals surface area contributed by atoms with Gasteiger partial charge in [-0.15, -0.1) is 0 Å². The first-order valence-electron chi connectivity index (χ1n) is 22.1. The lowest BCUT2D eigenvalue weighted by molar-refractivity contribution is -0.153. The molecule has 0 amide bonds. The third-order valence-electron chi connectivity index (χ3n) is 9.73.